The molecule has 0 aromatic heterocycles. The van der Waals surface area contributed by atoms with E-state index in [1.54, 1.807) is 0 Å². The van der Waals surface area contributed by atoms with Crippen LogP contribution in [-0.4, -0.2) is 54.8 Å². The van der Waals surface area contributed by atoms with Gasteiger partial charge in [0.05, 0.1) is 18.8 Å². The number of nitrogens with one attached hydrogen (secondary N) is 1. The van der Waals surface area contributed by atoms with E-state index in [4.69, 9.17) is 4.74 Å². The number of fused-ring (bicyclic) bond motifs is 2. The molecule has 3 fully saturated rings. The highest BCUT2D eigenvalue weighted by Gasteiger charge is 2.40. The molecule has 2 amide bonds. The number of ether oxygens (including phenoxy) is 1. The highest BCUT2D eigenvalue weighted by molar-refractivity contribution is 7.99. The Morgan fingerprint density at radius 1 is 1.26 bits per heavy atom. The van der Waals surface area contributed by atoms with Gasteiger partial charge in [0, 0.05) is 42.6 Å². The smallest absolute Gasteiger partial charge is 0.414 e. The molecule has 0 spiro atoms. The minimum Gasteiger partial charge on any atom is -0.442 e. The number of nitrogens with zero attached hydrogens (tertiary/aromatic N) is 2. The monoisotopic (exact) mass is 397 g/mol. The third-order valence-electron chi connectivity index (χ3n) is 5.26. The Hall–Kier alpha value is -2.03. The van der Waals surface area contributed by atoms with E-state index < -0.39 is 23.8 Å². The number of cyclic esters (lactones) is 1. The minimum atomic E-state index is -0.675. The molecular weight excluding hydrogens is 376 g/mol. The zero-order valence-electron chi connectivity index (χ0n) is 14.9. The molecule has 4 rings (SSSR count). The molecule has 3 aliphatic rings. The van der Waals surface area contributed by atoms with E-state index in [0.717, 1.165) is 24.3 Å². The van der Waals surface area contributed by atoms with Crippen LogP contribution in [0.25, 0.3) is 0 Å². The van der Waals surface area contributed by atoms with E-state index in [0.29, 0.717) is 0 Å². The number of carbonyl (C=O) groups excluding carboxylic acids is 2. The summed E-state index contributed by atoms with van der Waals surface area (Å²) in [6, 6.07) is 2.70. The van der Waals surface area contributed by atoms with Crippen molar-refractivity contribution in [2.75, 3.05) is 34.4 Å². The van der Waals surface area contributed by atoms with Crippen molar-refractivity contribution < 1.29 is 23.1 Å². The maximum atomic E-state index is 14.9. The molecule has 146 valence electrons. The Kier molecular flexibility index (Phi) is 4.88. The van der Waals surface area contributed by atoms with Crippen molar-refractivity contribution in [3.63, 3.8) is 0 Å². The van der Waals surface area contributed by atoms with Gasteiger partial charge in [0.1, 0.15) is 11.8 Å². The predicted octanol–water partition coefficient (Wildman–Crippen LogP) is 2.51. The molecule has 3 saturated heterocycles. The molecule has 6 nitrogen and oxygen atoms in total. The van der Waals surface area contributed by atoms with Crippen LogP contribution in [0.4, 0.5) is 25.0 Å². The molecule has 0 radical (unpaired) electrons. The van der Waals surface area contributed by atoms with Crippen molar-refractivity contribution in [1.29, 1.82) is 0 Å². The zero-order chi connectivity index (χ0) is 19.1. The molecule has 1 aromatic carbocycles. The molecule has 3 aliphatic heterocycles. The number of amides is 2. The number of anilines is 2. The topological polar surface area (TPSA) is 61.9 Å². The number of halogens is 2. The molecule has 3 heterocycles. The van der Waals surface area contributed by atoms with E-state index in [1.165, 1.54) is 24.0 Å². The third kappa shape index (κ3) is 3.44. The van der Waals surface area contributed by atoms with Crippen molar-refractivity contribution in [3.05, 3.63) is 23.8 Å². The second kappa shape index (κ2) is 7.18. The van der Waals surface area contributed by atoms with E-state index in [-0.39, 0.29) is 42.5 Å². The van der Waals surface area contributed by atoms with Crippen LogP contribution in [0.5, 0.6) is 0 Å². The van der Waals surface area contributed by atoms with Gasteiger partial charge in [-0.05, 0) is 12.8 Å². The first-order valence-electron chi connectivity index (χ1n) is 9.01. The van der Waals surface area contributed by atoms with E-state index in [1.807, 2.05) is 16.7 Å². The summed E-state index contributed by atoms with van der Waals surface area (Å²) < 4.78 is 34.9. The Morgan fingerprint density at radius 3 is 2.48 bits per heavy atom. The third-order valence-corrected chi connectivity index (χ3v) is 6.51. The molecule has 1 aromatic rings. The molecular formula is C18H21F2N3O3S. The van der Waals surface area contributed by atoms with Crippen LogP contribution in [0, 0.1) is 11.6 Å². The SMILES string of the molecule is CC(=O)NCC1CN(c2cc(F)c(N3[C@@H]4CC[C@H]3CSC4)c(F)c2)C(=O)O1. The standard InChI is InChI=1S/C18H21F2N3O3S/c1-10(24)21-6-14-7-22(18(25)26-14)13-4-15(19)17(16(20)5-13)23-11-2-3-12(23)9-27-8-11/h4-5,11-12,14H,2-3,6-9H2,1H3,(H,21,24)/t11-,12+,14?. The average Bonchev–Trinajstić information content (AvgIpc) is 3.08. The van der Waals surface area contributed by atoms with Gasteiger partial charge in [0.25, 0.3) is 0 Å². The molecule has 1 unspecified atom stereocenters. The van der Waals surface area contributed by atoms with Gasteiger partial charge in [-0.15, -0.1) is 0 Å². The van der Waals surface area contributed by atoms with E-state index in [2.05, 4.69) is 5.32 Å². The highest BCUT2D eigenvalue weighted by Crippen LogP contribution is 2.41. The largest absolute Gasteiger partial charge is 0.442 e. The number of carbonyl (C=O) groups is 2. The van der Waals surface area contributed by atoms with Crippen molar-refractivity contribution in [3.8, 4) is 0 Å². The Labute approximate surface area is 160 Å². The fourth-order valence-electron chi connectivity index (χ4n) is 4.04. The molecule has 9 heteroatoms. The normalized spacial score (nSPS) is 27.1. The zero-order valence-corrected chi connectivity index (χ0v) is 15.7. The van der Waals surface area contributed by atoms with Crippen LogP contribution >= 0.6 is 11.8 Å². The lowest BCUT2D eigenvalue weighted by Gasteiger charge is -2.37. The lowest BCUT2D eigenvalue weighted by Crippen LogP contribution is -2.43. The summed E-state index contributed by atoms with van der Waals surface area (Å²) in [7, 11) is 0. The first-order chi connectivity index (χ1) is 12.9. The summed E-state index contributed by atoms with van der Waals surface area (Å²) in [5, 5.41) is 2.57. The van der Waals surface area contributed by atoms with Crippen molar-refractivity contribution >= 4 is 35.1 Å². The van der Waals surface area contributed by atoms with E-state index in [9.17, 15) is 18.4 Å². The second-order valence-corrected chi connectivity index (χ2v) is 8.22. The summed E-state index contributed by atoms with van der Waals surface area (Å²) in [4.78, 5) is 26.2. The van der Waals surface area contributed by atoms with E-state index >= 15 is 0 Å². The number of hydrogen-bond donors (Lipinski definition) is 1. The predicted molar refractivity (Wildman–Crippen MR) is 99.3 cm³/mol. The Morgan fingerprint density at radius 2 is 1.89 bits per heavy atom. The lowest BCUT2D eigenvalue weighted by atomic mass is 10.1. The molecule has 27 heavy (non-hydrogen) atoms. The first-order valence-corrected chi connectivity index (χ1v) is 10.2. The molecule has 0 saturated carbocycles. The molecule has 3 atom stereocenters. The van der Waals surface area contributed by atoms with Crippen LogP contribution in [0.1, 0.15) is 19.8 Å². The van der Waals surface area contributed by atoms with Gasteiger partial charge in [-0.25, -0.2) is 13.6 Å². The van der Waals surface area contributed by atoms with Crippen molar-refractivity contribution in [1.82, 2.24) is 5.32 Å². The molecule has 0 aliphatic carbocycles. The van der Waals surface area contributed by atoms with Gasteiger partial charge in [-0.1, -0.05) is 0 Å². The molecule has 1 N–H and O–H groups in total. The van der Waals surface area contributed by atoms with Crippen molar-refractivity contribution in [2.45, 2.75) is 38.0 Å². The second-order valence-electron chi connectivity index (χ2n) is 7.14. The van der Waals surface area contributed by atoms with Gasteiger partial charge in [-0.2, -0.15) is 11.8 Å². The van der Waals surface area contributed by atoms with Crippen LogP contribution in [0.15, 0.2) is 12.1 Å². The first kappa shape index (κ1) is 18.3. The summed E-state index contributed by atoms with van der Waals surface area (Å²) in [5.41, 5.74) is 0.136. The van der Waals surface area contributed by atoms with Gasteiger partial charge >= 0.3 is 6.09 Å². The summed E-state index contributed by atoms with van der Waals surface area (Å²) in [6.45, 7) is 1.66. The quantitative estimate of drug-likeness (QED) is 0.846. The summed E-state index contributed by atoms with van der Waals surface area (Å²) in [5.74, 6) is 0.194. The number of thioether (sulfide) groups is 1. The number of rotatable bonds is 4. The molecule has 2 bridgehead atoms. The summed E-state index contributed by atoms with van der Waals surface area (Å²) in [6.07, 6.45) is 0.664. The van der Waals surface area contributed by atoms with Crippen LogP contribution < -0.4 is 15.1 Å². The van der Waals surface area contributed by atoms with Crippen LogP contribution in [-0.2, 0) is 9.53 Å². The van der Waals surface area contributed by atoms with Gasteiger partial charge in [0.2, 0.25) is 5.91 Å². The van der Waals surface area contributed by atoms with Crippen LogP contribution in [0.3, 0.4) is 0 Å². The fraction of sp³-hybridized carbons (Fsp3) is 0.556. The highest BCUT2D eigenvalue weighted by atomic mass is 32.2. The number of hydrogen-bond acceptors (Lipinski definition) is 5. The summed E-state index contributed by atoms with van der Waals surface area (Å²) >= 11 is 1.83. The van der Waals surface area contributed by atoms with Gasteiger partial charge < -0.3 is 15.0 Å². The Balaban J connectivity index is 1.55. The Bertz CT molecular complexity index is 739. The maximum Gasteiger partial charge on any atom is 0.414 e. The maximum absolute atomic E-state index is 14.9. The number of benzene rings is 1. The van der Waals surface area contributed by atoms with Gasteiger partial charge in [0.15, 0.2) is 11.6 Å². The van der Waals surface area contributed by atoms with Crippen LogP contribution in [0.2, 0.25) is 0 Å². The lowest BCUT2D eigenvalue weighted by molar-refractivity contribution is -0.119. The minimum absolute atomic E-state index is 0.00825. The van der Waals surface area contributed by atoms with Crippen molar-refractivity contribution in [2.24, 2.45) is 0 Å². The average molecular weight is 397 g/mol. The fourth-order valence-corrected chi connectivity index (χ4v) is 5.38. The van der Waals surface area contributed by atoms with Gasteiger partial charge in [-0.3, -0.25) is 9.69 Å².